The van der Waals surface area contributed by atoms with Gasteiger partial charge in [-0.15, -0.1) is 0 Å². The molecule has 1 amide bonds. The molecule has 1 fully saturated rings. The van der Waals surface area contributed by atoms with Gasteiger partial charge in [0.2, 0.25) is 5.91 Å². The standard InChI is InChI=1S/C19H21ClFN3O/c20-16-5-1-14(2-6-16)13-23-9-11-24(12-10-23)18(19(22)25)15-3-7-17(21)8-4-15/h1-8,18H,9-13H2,(H2,22,25)/t18-/m0/s1. The van der Waals surface area contributed by atoms with Crippen molar-refractivity contribution in [1.29, 1.82) is 0 Å². The van der Waals surface area contributed by atoms with Gasteiger partial charge in [-0.25, -0.2) is 4.39 Å². The van der Waals surface area contributed by atoms with Crippen LogP contribution in [0.2, 0.25) is 5.02 Å². The lowest BCUT2D eigenvalue weighted by Crippen LogP contribution is -2.49. The fraction of sp³-hybridized carbons (Fsp3) is 0.316. The molecule has 25 heavy (non-hydrogen) atoms. The summed E-state index contributed by atoms with van der Waals surface area (Å²) < 4.78 is 13.1. The van der Waals surface area contributed by atoms with Crippen LogP contribution >= 0.6 is 11.6 Å². The molecule has 1 aliphatic rings. The number of nitrogens with two attached hydrogens (primary N) is 1. The summed E-state index contributed by atoms with van der Waals surface area (Å²) in [5, 5.41) is 0.733. The van der Waals surface area contributed by atoms with Crippen molar-refractivity contribution in [2.24, 2.45) is 5.73 Å². The molecule has 2 aromatic rings. The number of nitrogens with zero attached hydrogens (tertiary/aromatic N) is 2. The van der Waals surface area contributed by atoms with Crippen LogP contribution in [0.5, 0.6) is 0 Å². The maximum atomic E-state index is 13.1. The Morgan fingerprint density at radius 2 is 1.64 bits per heavy atom. The van der Waals surface area contributed by atoms with Gasteiger partial charge < -0.3 is 5.73 Å². The van der Waals surface area contributed by atoms with Crippen LogP contribution in [0, 0.1) is 5.82 Å². The lowest BCUT2D eigenvalue weighted by atomic mass is 10.0. The monoisotopic (exact) mass is 361 g/mol. The van der Waals surface area contributed by atoms with Crippen LogP contribution in [0.3, 0.4) is 0 Å². The van der Waals surface area contributed by atoms with Crippen LogP contribution in [0.1, 0.15) is 17.2 Å². The maximum Gasteiger partial charge on any atom is 0.239 e. The summed E-state index contributed by atoms with van der Waals surface area (Å²) >= 11 is 5.92. The number of carbonyl (C=O) groups is 1. The number of halogens is 2. The molecule has 1 aliphatic heterocycles. The van der Waals surface area contributed by atoms with E-state index in [0.29, 0.717) is 0 Å². The number of primary amides is 1. The number of benzene rings is 2. The largest absolute Gasteiger partial charge is 0.368 e. The Morgan fingerprint density at radius 1 is 1.04 bits per heavy atom. The number of hydrogen-bond donors (Lipinski definition) is 1. The van der Waals surface area contributed by atoms with Crippen molar-refractivity contribution in [3.8, 4) is 0 Å². The molecule has 132 valence electrons. The second kappa shape index (κ2) is 7.95. The summed E-state index contributed by atoms with van der Waals surface area (Å²) in [6.45, 7) is 4.00. The smallest absolute Gasteiger partial charge is 0.239 e. The average molecular weight is 362 g/mol. The Hall–Kier alpha value is -1.95. The topological polar surface area (TPSA) is 49.6 Å². The van der Waals surface area contributed by atoms with Crippen LogP contribution < -0.4 is 5.73 Å². The Labute approximate surface area is 152 Å². The molecule has 2 aromatic carbocycles. The van der Waals surface area contributed by atoms with E-state index in [4.69, 9.17) is 17.3 Å². The first-order valence-corrected chi connectivity index (χ1v) is 8.66. The molecule has 0 bridgehead atoms. The maximum absolute atomic E-state index is 13.1. The SMILES string of the molecule is NC(=O)[C@H](c1ccc(F)cc1)N1CCN(Cc2ccc(Cl)cc2)CC1. The second-order valence-electron chi connectivity index (χ2n) is 6.30. The second-order valence-corrected chi connectivity index (χ2v) is 6.73. The predicted molar refractivity (Wildman–Crippen MR) is 96.6 cm³/mol. The molecule has 2 N–H and O–H groups in total. The van der Waals surface area contributed by atoms with Gasteiger partial charge in [-0.05, 0) is 35.4 Å². The van der Waals surface area contributed by atoms with Gasteiger partial charge in [-0.2, -0.15) is 0 Å². The molecule has 3 rings (SSSR count). The molecule has 1 heterocycles. The molecule has 0 spiro atoms. The van der Waals surface area contributed by atoms with Crippen molar-refractivity contribution in [3.05, 3.63) is 70.5 Å². The van der Waals surface area contributed by atoms with Crippen LogP contribution in [0.15, 0.2) is 48.5 Å². The van der Waals surface area contributed by atoms with Crippen molar-refractivity contribution in [2.75, 3.05) is 26.2 Å². The summed E-state index contributed by atoms with van der Waals surface area (Å²) in [7, 11) is 0. The van der Waals surface area contributed by atoms with Gasteiger partial charge >= 0.3 is 0 Å². The fourth-order valence-corrected chi connectivity index (χ4v) is 3.35. The summed E-state index contributed by atoms with van der Waals surface area (Å²) in [6, 6.07) is 13.3. The first kappa shape index (κ1) is 17.9. The molecule has 0 unspecified atom stereocenters. The summed E-state index contributed by atoms with van der Waals surface area (Å²) in [5.41, 5.74) is 7.56. The quantitative estimate of drug-likeness (QED) is 0.891. The van der Waals surface area contributed by atoms with Gasteiger partial charge in [-0.1, -0.05) is 35.9 Å². The van der Waals surface area contributed by atoms with E-state index in [1.165, 1.54) is 17.7 Å². The predicted octanol–water partition coefficient (Wildman–Crippen LogP) is 2.82. The van der Waals surface area contributed by atoms with Crippen molar-refractivity contribution < 1.29 is 9.18 Å². The first-order valence-electron chi connectivity index (χ1n) is 8.28. The third kappa shape index (κ3) is 4.57. The van der Waals surface area contributed by atoms with E-state index < -0.39 is 11.9 Å². The number of hydrogen-bond acceptors (Lipinski definition) is 3. The molecule has 0 radical (unpaired) electrons. The third-order valence-corrected chi connectivity index (χ3v) is 4.80. The lowest BCUT2D eigenvalue weighted by Gasteiger charge is -2.38. The van der Waals surface area contributed by atoms with E-state index in [1.54, 1.807) is 12.1 Å². The molecule has 0 saturated carbocycles. The number of piperazine rings is 1. The first-order chi connectivity index (χ1) is 12.0. The number of carbonyl (C=O) groups excluding carboxylic acids is 1. The molecule has 1 saturated heterocycles. The minimum Gasteiger partial charge on any atom is -0.368 e. The highest BCUT2D eigenvalue weighted by Crippen LogP contribution is 2.23. The lowest BCUT2D eigenvalue weighted by molar-refractivity contribution is -0.124. The average Bonchev–Trinajstić information content (AvgIpc) is 2.60. The van der Waals surface area contributed by atoms with E-state index in [2.05, 4.69) is 9.80 Å². The highest BCUT2D eigenvalue weighted by atomic mass is 35.5. The van der Waals surface area contributed by atoms with Crippen LogP contribution in [0.25, 0.3) is 0 Å². The summed E-state index contributed by atoms with van der Waals surface area (Å²) in [4.78, 5) is 16.3. The van der Waals surface area contributed by atoms with Crippen molar-refractivity contribution in [3.63, 3.8) is 0 Å². The Morgan fingerprint density at radius 3 is 2.20 bits per heavy atom. The molecule has 1 atom stereocenters. The van der Waals surface area contributed by atoms with Gasteiger partial charge in [0.15, 0.2) is 0 Å². The zero-order chi connectivity index (χ0) is 17.8. The summed E-state index contributed by atoms with van der Waals surface area (Å²) in [5.74, 6) is -0.725. The zero-order valence-electron chi connectivity index (χ0n) is 13.9. The Bertz CT molecular complexity index is 712. The molecule has 0 aromatic heterocycles. The van der Waals surface area contributed by atoms with E-state index >= 15 is 0 Å². The molecular formula is C19H21ClFN3O. The highest BCUT2D eigenvalue weighted by Gasteiger charge is 2.28. The van der Waals surface area contributed by atoms with Crippen molar-refractivity contribution >= 4 is 17.5 Å². The van der Waals surface area contributed by atoms with E-state index in [0.717, 1.165) is 43.3 Å². The van der Waals surface area contributed by atoms with Crippen LogP contribution in [-0.4, -0.2) is 41.9 Å². The number of amides is 1. The van der Waals surface area contributed by atoms with Gasteiger partial charge in [-0.3, -0.25) is 14.6 Å². The minimum absolute atomic E-state index is 0.320. The van der Waals surface area contributed by atoms with E-state index in [-0.39, 0.29) is 5.82 Å². The molecule has 0 aliphatic carbocycles. The Balaban J connectivity index is 1.62. The van der Waals surface area contributed by atoms with Gasteiger partial charge in [0.05, 0.1) is 0 Å². The van der Waals surface area contributed by atoms with Gasteiger partial charge in [0.25, 0.3) is 0 Å². The molecule has 4 nitrogen and oxygen atoms in total. The number of rotatable bonds is 5. The van der Waals surface area contributed by atoms with Crippen molar-refractivity contribution in [2.45, 2.75) is 12.6 Å². The normalized spacial score (nSPS) is 17.4. The van der Waals surface area contributed by atoms with E-state index in [1.807, 2.05) is 24.3 Å². The third-order valence-electron chi connectivity index (χ3n) is 4.55. The van der Waals surface area contributed by atoms with Crippen molar-refractivity contribution in [1.82, 2.24) is 9.80 Å². The summed E-state index contributed by atoms with van der Waals surface area (Å²) in [6.07, 6.45) is 0. The molecule has 6 heteroatoms. The van der Waals surface area contributed by atoms with Crippen LogP contribution in [-0.2, 0) is 11.3 Å². The van der Waals surface area contributed by atoms with E-state index in [9.17, 15) is 9.18 Å². The van der Waals surface area contributed by atoms with Gasteiger partial charge in [0.1, 0.15) is 11.9 Å². The zero-order valence-corrected chi connectivity index (χ0v) is 14.6. The Kier molecular flexibility index (Phi) is 5.68. The van der Waals surface area contributed by atoms with Gasteiger partial charge in [0, 0.05) is 37.7 Å². The molecular weight excluding hydrogens is 341 g/mol. The highest BCUT2D eigenvalue weighted by molar-refractivity contribution is 6.30. The van der Waals surface area contributed by atoms with Crippen LogP contribution in [0.4, 0.5) is 4.39 Å². The minimum atomic E-state index is -0.515. The fourth-order valence-electron chi connectivity index (χ4n) is 3.23.